The van der Waals surface area contributed by atoms with Crippen LogP contribution in [-0.2, 0) is 25.7 Å². The topological polar surface area (TPSA) is 9.86 Å². The lowest BCUT2D eigenvalue weighted by atomic mass is 9.68. The van der Waals surface area contributed by atoms with E-state index in [1.54, 1.807) is 0 Å². The van der Waals surface area contributed by atoms with E-state index in [1.807, 2.05) is 0 Å². The molecule has 5 atom stereocenters. The Hall–Kier alpha value is -7.42. The van der Waals surface area contributed by atoms with Crippen LogP contribution in [0.4, 0.5) is 0 Å². The predicted molar refractivity (Wildman–Crippen MR) is 373 cm³/mol. The lowest BCUT2D eigenvalue weighted by Gasteiger charge is -2.35. The molecule has 0 saturated carbocycles. The molecule has 2 aliphatic rings. The van der Waals surface area contributed by atoms with Gasteiger partial charge in [-0.3, -0.25) is 0 Å². The number of rotatable bonds is 23. The van der Waals surface area contributed by atoms with E-state index in [4.69, 9.17) is 0 Å². The van der Waals surface area contributed by atoms with E-state index in [9.17, 15) is 0 Å². The van der Waals surface area contributed by atoms with Crippen LogP contribution in [0.1, 0.15) is 195 Å². The van der Waals surface area contributed by atoms with Crippen molar-refractivity contribution < 1.29 is 0 Å². The molecule has 10 aromatic rings. The van der Waals surface area contributed by atoms with E-state index in [2.05, 4.69) is 253 Å². The van der Waals surface area contributed by atoms with Crippen molar-refractivity contribution in [3.05, 3.63) is 232 Å². The first-order valence-electron chi connectivity index (χ1n) is 33.8. The number of allylic oxidation sites excluding steroid dienone is 3. The molecule has 2 heterocycles. The van der Waals surface area contributed by atoms with Crippen LogP contribution < -0.4 is 0 Å². The van der Waals surface area contributed by atoms with Crippen molar-refractivity contribution in [1.29, 1.82) is 0 Å². The molecule has 0 bridgehead atoms. The quantitative estimate of drug-likeness (QED) is 0.0604. The number of hydrogen-bond acceptors (Lipinski definition) is 0. The second-order valence-electron chi connectivity index (χ2n) is 26.2. The first kappa shape index (κ1) is 58.9. The average molecular weight is 1130 g/mol. The van der Waals surface area contributed by atoms with E-state index < -0.39 is 0 Å². The zero-order chi connectivity index (χ0) is 59.3. The summed E-state index contributed by atoms with van der Waals surface area (Å²) < 4.78 is 5.14. The largest absolute Gasteiger partial charge is 0.313 e. The molecule has 12 rings (SSSR count). The summed E-state index contributed by atoms with van der Waals surface area (Å²) in [6, 6.07) is 67.1. The van der Waals surface area contributed by atoms with E-state index in [1.165, 1.54) is 211 Å². The molecule has 440 valence electrons. The minimum Gasteiger partial charge on any atom is -0.313 e. The van der Waals surface area contributed by atoms with Crippen LogP contribution in [-0.4, -0.2) is 9.13 Å². The molecule has 5 unspecified atom stereocenters. The fourth-order valence-corrected chi connectivity index (χ4v) is 15.3. The van der Waals surface area contributed by atoms with Crippen LogP contribution in [0.3, 0.4) is 0 Å². The molecular formula is C84H94N2. The Morgan fingerprint density at radius 3 is 1.52 bits per heavy atom. The third kappa shape index (κ3) is 11.9. The fourth-order valence-electron chi connectivity index (χ4n) is 15.3. The van der Waals surface area contributed by atoms with Crippen LogP contribution in [0.25, 0.3) is 83.5 Å². The van der Waals surface area contributed by atoms with Gasteiger partial charge >= 0.3 is 0 Å². The molecule has 2 heteroatoms. The molecule has 0 saturated heterocycles. The molecule has 2 aliphatic carbocycles. The first-order chi connectivity index (χ1) is 42.2. The SMILES string of the molecule is CCCCC(CC)Cc1ccc(-c2ccc(-n3c4c(c5cc(-c6ccccc6C6c7ccccc7-c7cc(-n8c9ccc(CC(CC)CCCC)cc9c9cc(CC(CC)CCCC)ccc98)ccc7C6C)ccc53)/C=C\C=C(\C)CC4)cc2)cc1. The van der Waals surface area contributed by atoms with E-state index in [0.29, 0.717) is 0 Å². The molecule has 0 spiro atoms. The van der Waals surface area contributed by atoms with E-state index in [0.717, 1.165) is 43.4 Å². The van der Waals surface area contributed by atoms with Gasteiger partial charge in [0.2, 0.25) is 0 Å². The molecule has 2 aromatic heterocycles. The number of unbranched alkanes of at least 4 members (excludes halogenated alkanes) is 3. The molecule has 0 aliphatic heterocycles. The zero-order valence-corrected chi connectivity index (χ0v) is 53.2. The van der Waals surface area contributed by atoms with Crippen molar-refractivity contribution in [3.63, 3.8) is 0 Å². The standard InChI is InChI=1S/C84H94N2/c1-9-15-24-59(12-4)50-62-33-37-65(38-34-62)66-39-42-68(43-40-66)85-80-46-32-57(7)23-22-31-73(80)79-55-67(41-49-83(79)85)71-27-18-20-29-74(71)84-58(8)70-45-44-69(56-76(70)72-28-19-21-30-75(72)84)86-81-47-35-63(51-60(13-5)25-16-10-2)53-77(81)78-54-64(36-48-82(78)86)52-61(14-6)26-17-11-3/h18-23,27-31,33-45,47-49,53-56,58-61,84H,9-17,24-26,32,46,50-52H2,1-8H3/b31-22-,57-23-. The predicted octanol–water partition coefficient (Wildman–Crippen LogP) is 24.2. The van der Waals surface area contributed by atoms with Crippen molar-refractivity contribution in [2.24, 2.45) is 17.8 Å². The van der Waals surface area contributed by atoms with Crippen molar-refractivity contribution in [2.75, 3.05) is 0 Å². The number of nitrogens with zero attached hydrogens (tertiary/aromatic N) is 2. The Balaban J connectivity index is 0.898. The maximum Gasteiger partial charge on any atom is 0.0541 e. The van der Waals surface area contributed by atoms with Gasteiger partial charge in [-0.25, -0.2) is 0 Å². The number of hydrogen-bond donors (Lipinski definition) is 0. The lowest BCUT2D eigenvalue weighted by molar-refractivity contribution is 0.449. The molecule has 0 amide bonds. The fraction of sp³-hybridized carbons (Fsp3) is 0.357. The number of aromatic nitrogens is 2. The Bertz CT molecular complexity index is 3960. The van der Waals surface area contributed by atoms with Gasteiger partial charge in [-0.2, -0.15) is 0 Å². The van der Waals surface area contributed by atoms with E-state index >= 15 is 0 Å². The summed E-state index contributed by atoms with van der Waals surface area (Å²) in [4.78, 5) is 0. The Morgan fingerprint density at radius 2 is 0.930 bits per heavy atom. The third-order valence-corrected chi connectivity index (χ3v) is 20.5. The maximum absolute atomic E-state index is 2.58. The Morgan fingerprint density at radius 1 is 0.430 bits per heavy atom. The third-order valence-electron chi connectivity index (χ3n) is 20.5. The van der Waals surface area contributed by atoms with Crippen LogP contribution in [0.15, 0.2) is 188 Å². The van der Waals surface area contributed by atoms with Gasteiger partial charge in [0, 0.05) is 44.7 Å². The summed E-state index contributed by atoms with van der Waals surface area (Å²) in [5.41, 5.74) is 26.9. The highest BCUT2D eigenvalue weighted by Gasteiger charge is 2.34. The van der Waals surface area contributed by atoms with Gasteiger partial charge < -0.3 is 9.13 Å². The number of benzene rings is 8. The van der Waals surface area contributed by atoms with Crippen LogP contribution >= 0.6 is 0 Å². The normalized spacial score (nSPS) is 16.9. The maximum atomic E-state index is 2.58. The molecule has 0 fully saturated rings. The minimum atomic E-state index is 0.169. The lowest BCUT2D eigenvalue weighted by Crippen LogP contribution is -2.18. The summed E-state index contributed by atoms with van der Waals surface area (Å²) >= 11 is 0. The summed E-state index contributed by atoms with van der Waals surface area (Å²) in [6.45, 7) is 18.8. The van der Waals surface area contributed by atoms with Crippen molar-refractivity contribution in [2.45, 2.75) is 176 Å². The smallest absolute Gasteiger partial charge is 0.0541 e. The Kier molecular flexibility index (Phi) is 18.3. The highest BCUT2D eigenvalue weighted by Crippen LogP contribution is 2.53. The van der Waals surface area contributed by atoms with Gasteiger partial charge in [-0.1, -0.05) is 259 Å². The van der Waals surface area contributed by atoms with Gasteiger partial charge in [0.15, 0.2) is 0 Å². The second kappa shape index (κ2) is 26.7. The highest BCUT2D eigenvalue weighted by molar-refractivity contribution is 6.10. The first-order valence-corrected chi connectivity index (χ1v) is 33.8. The van der Waals surface area contributed by atoms with Crippen LogP contribution in [0, 0.1) is 17.8 Å². The van der Waals surface area contributed by atoms with Gasteiger partial charge in [-0.15, -0.1) is 0 Å². The van der Waals surface area contributed by atoms with E-state index in [-0.39, 0.29) is 11.8 Å². The van der Waals surface area contributed by atoms with Crippen LogP contribution in [0.5, 0.6) is 0 Å². The molecule has 0 radical (unpaired) electrons. The molecule has 0 N–H and O–H groups in total. The molecule has 8 aromatic carbocycles. The van der Waals surface area contributed by atoms with Gasteiger partial charge in [0.1, 0.15) is 0 Å². The molecular weight excluding hydrogens is 1040 g/mol. The monoisotopic (exact) mass is 1130 g/mol. The van der Waals surface area contributed by atoms with Crippen LogP contribution in [0.2, 0.25) is 0 Å². The second-order valence-corrected chi connectivity index (χ2v) is 26.2. The minimum absolute atomic E-state index is 0.169. The zero-order valence-electron chi connectivity index (χ0n) is 53.2. The summed E-state index contributed by atoms with van der Waals surface area (Å²) in [5, 5.41) is 4.09. The average Bonchev–Trinajstić information content (AvgIpc) is 1.52. The number of fused-ring (bicyclic) bond motifs is 9. The molecule has 86 heavy (non-hydrogen) atoms. The summed E-state index contributed by atoms with van der Waals surface area (Å²) in [7, 11) is 0. The summed E-state index contributed by atoms with van der Waals surface area (Å²) in [5.74, 6) is 2.62. The van der Waals surface area contributed by atoms with Crippen molar-refractivity contribution in [3.8, 4) is 44.8 Å². The highest BCUT2D eigenvalue weighted by atomic mass is 15.0. The van der Waals surface area contributed by atoms with Gasteiger partial charge in [-0.05, 0) is 190 Å². The summed E-state index contributed by atoms with van der Waals surface area (Å²) in [6.07, 6.45) is 27.8. The van der Waals surface area contributed by atoms with Gasteiger partial charge in [0.05, 0.1) is 16.6 Å². The Labute approximate surface area is 516 Å². The van der Waals surface area contributed by atoms with Crippen molar-refractivity contribution in [1.82, 2.24) is 9.13 Å². The molecule has 2 nitrogen and oxygen atoms in total. The van der Waals surface area contributed by atoms with Gasteiger partial charge in [0.25, 0.3) is 0 Å². The van der Waals surface area contributed by atoms with Crippen molar-refractivity contribution >= 4 is 38.8 Å².